The Labute approximate surface area is 355 Å². The van der Waals surface area contributed by atoms with Gasteiger partial charge in [-0.1, -0.05) is 35.5 Å². The summed E-state index contributed by atoms with van der Waals surface area (Å²) >= 11 is 1.65. The van der Waals surface area contributed by atoms with E-state index in [1.165, 1.54) is 6.26 Å². The largest absolute Gasteiger partial charge is 0.487 e. The van der Waals surface area contributed by atoms with Gasteiger partial charge < -0.3 is 19.9 Å². The van der Waals surface area contributed by atoms with E-state index < -0.39 is 15.9 Å². The molecule has 9 heterocycles. The number of nitrogens with one attached hydrogen (secondary N) is 1. The number of hydrogen-bond donors (Lipinski definition) is 1. The number of hydrogen-bond acceptors (Lipinski definition) is 12. The van der Waals surface area contributed by atoms with Gasteiger partial charge in [0.15, 0.2) is 9.84 Å². The fourth-order valence-electron chi connectivity index (χ4n) is 9.83. The summed E-state index contributed by atoms with van der Waals surface area (Å²) in [6.07, 6.45) is 7.53. The number of fused-ring (bicyclic) bond motifs is 2. The standard InChI is InChI=1S/C43H53N9O6S2/c1-28-37-22-40(53)44-31-20-38(50(24-31)23-29-8-10-36(11-9-29)60(2,56)57)42(54)49-18-14-33(15-19-49)51-26-34(52-25-32(46-47-52)27-58-35-6-4-3-5-7-35)21-39(51)43(55)48-16-12-30(13-17-48)41(45-37)59-28/h3-11,25,30-31,33-34,38-39H,12-24,26-27H2,1-2H3,(H,44,53)/t31-,34-,38-,39-/m0/s1. The first kappa shape index (κ1) is 40.7. The number of carbonyl (C=O) groups is 3. The molecule has 15 nitrogen and oxygen atoms in total. The molecule has 4 aromatic rings. The summed E-state index contributed by atoms with van der Waals surface area (Å²) in [5.41, 5.74) is 2.40. The predicted molar refractivity (Wildman–Crippen MR) is 224 cm³/mol. The Bertz CT molecular complexity index is 2300. The number of benzene rings is 2. The molecule has 2 aromatic heterocycles. The van der Waals surface area contributed by atoms with E-state index in [1.54, 1.807) is 35.6 Å². The molecule has 0 radical (unpaired) electrons. The molecular weight excluding hydrogens is 803 g/mol. The number of thiazole rings is 1. The average Bonchev–Trinajstić information content (AvgIpc) is 4.06. The van der Waals surface area contributed by atoms with Crippen LogP contribution < -0.4 is 10.1 Å². The number of aryl methyl sites for hydroxylation is 1. The lowest BCUT2D eigenvalue weighted by Gasteiger charge is -2.41. The van der Waals surface area contributed by atoms with Crippen LogP contribution in [-0.4, -0.2) is 135 Å². The minimum atomic E-state index is -3.35. The van der Waals surface area contributed by atoms with Crippen molar-refractivity contribution in [1.29, 1.82) is 0 Å². The third-order valence-electron chi connectivity index (χ3n) is 13.1. The number of carbonyl (C=O) groups excluding carboxylic acids is 3. The first-order chi connectivity index (χ1) is 28.9. The van der Waals surface area contributed by atoms with Crippen molar-refractivity contribution in [2.45, 2.75) is 106 Å². The fourth-order valence-corrected chi connectivity index (χ4v) is 11.6. The van der Waals surface area contributed by atoms with Gasteiger partial charge in [-0.15, -0.1) is 16.4 Å². The van der Waals surface area contributed by atoms with E-state index in [4.69, 9.17) is 9.72 Å². The molecule has 1 N–H and O–H groups in total. The minimum absolute atomic E-state index is 0.0340. The maximum absolute atomic E-state index is 14.6. The molecule has 3 amide bonds. The molecule has 7 aliphatic heterocycles. The SMILES string of the molecule is Cc1sc2nc1CC(=O)N[C@H]1C[C@@H](C(=O)N3CCC(CC3)N3C[C@@H](n4cc(COc5ccccc5)nn4)C[C@H]3C(=O)N3CCC2CC3)N(Cc2ccc(S(C)(=O)=O)cc2)C1. The average molecular weight is 856 g/mol. The Hall–Kier alpha value is -4.71. The molecule has 17 heteroatoms. The Balaban J connectivity index is 0.962. The molecule has 0 aliphatic carbocycles. The van der Waals surface area contributed by atoms with E-state index in [2.05, 4.69) is 25.4 Å². The lowest BCUT2D eigenvalue weighted by Crippen LogP contribution is -2.55. The summed E-state index contributed by atoms with van der Waals surface area (Å²) in [4.78, 5) is 57.4. The van der Waals surface area contributed by atoms with Crippen molar-refractivity contribution < 1.29 is 27.5 Å². The monoisotopic (exact) mass is 855 g/mol. The number of likely N-dealkylation sites (tertiary alicyclic amines) is 1. The van der Waals surface area contributed by atoms with Crippen LogP contribution in [0.4, 0.5) is 0 Å². The van der Waals surface area contributed by atoms with Crippen molar-refractivity contribution in [1.82, 2.24) is 44.9 Å². The van der Waals surface area contributed by atoms with Gasteiger partial charge >= 0.3 is 0 Å². The highest BCUT2D eigenvalue weighted by molar-refractivity contribution is 7.90. The molecule has 4 saturated heterocycles. The van der Waals surface area contributed by atoms with E-state index >= 15 is 0 Å². The zero-order valence-electron chi connectivity index (χ0n) is 34.2. The third-order valence-corrected chi connectivity index (χ3v) is 15.4. The van der Waals surface area contributed by atoms with Gasteiger partial charge in [0, 0.05) is 74.9 Å². The van der Waals surface area contributed by atoms with Crippen LogP contribution in [0.5, 0.6) is 5.75 Å². The lowest BCUT2D eigenvalue weighted by molar-refractivity contribution is -0.141. The second-order valence-corrected chi connectivity index (χ2v) is 20.4. The maximum Gasteiger partial charge on any atom is 0.240 e. The molecule has 2 aromatic carbocycles. The van der Waals surface area contributed by atoms with E-state index in [0.717, 1.165) is 58.3 Å². The zero-order chi connectivity index (χ0) is 41.5. The summed E-state index contributed by atoms with van der Waals surface area (Å²) < 4.78 is 32.1. The Kier molecular flexibility index (Phi) is 11.5. The number of aromatic nitrogens is 4. The molecule has 0 unspecified atom stereocenters. The second-order valence-electron chi connectivity index (χ2n) is 17.1. The van der Waals surface area contributed by atoms with Crippen molar-refractivity contribution in [3.63, 3.8) is 0 Å². The number of nitrogens with zero attached hydrogens (tertiary/aromatic N) is 8. The Morgan fingerprint density at radius 2 is 1.55 bits per heavy atom. The highest BCUT2D eigenvalue weighted by Gasteiger charge is 2.46. The molecule has 11 rings (SSSR count). The minimum Gasteiger partial charge on any atom is -0.487 e. The van der Waals surface area contributed by atoms with Crippen LogP contribution in [0.25, 0.3) is 0 Å². The van der Waals surface area contributed by atoms with Crippen LogP contribution in [0.15, 0.2) is 65.7 Å². The van der Waals surface area contributed by atoms with Crippen molar-refractivity contribution >= 4 is 38.9 Å². The molecule has 4 fully saturated rings. The van der Waals surface area contributed by atoms with Crippen LogP contribution in [0.3, 0.4) is 0 Å². The first-order valence-electron chi connectivity index (χ1n) is 21.2. The van der Waals surface area contributed by atoms with Gasteiger partial charge in [0.25, 0.3) is 0 Å². The first-order valence-corrected chi connectivity index (χ1v) is 23.9. The van der Waals surface area contributed by atoms with Crippen molar-refractivity contribution in [2.24, 2.45) is 0 Å². The summed E-state index contributed by atoms with van der Waals surface area (Å²) in [7, 11) is -3.35. The molecule has 318 valence electrons. The summed E-state index contributed by atoms with van der Waals surface area (Å²) in [6, 6.07) is 15.5. The predicted octanol–water partition coefficient (Wildman–Crippen LogP) is 3.35. The van der Waals surface area contributed by atoms with E-state index in [-0.39, 0.29) is 59.1 Å². The van der Waals surface area contributed by atoms with Crippen molar-refractivity contribution in [3.8, 4) is 5.75 Å². The van der Waals surface area contributed by atoms with Gasteiger partial charge in [-0.2, -0.15) is 0 Å². The van der Waals surface area contributed by atoms with E-state index in [9.17, 15) is 22.8 Å². The van der Waals surface area contributed by atoms with Gasteiger partial charge in [-0.3, -0.25) is 24.2 Å². The highest BCUT2D eigenvalue weighted by Crippen LogP contribution is 2.37. The smallest absolute Gasteiger partial charge is 0.240 e. The Morgan fingerprint density at radius 1 is 0.850 bits per heavy atom. The molecule has 4 atom stereocenters. The number of amides is 3. The van der Waals surface area contributed by atoms with Crippen LogP contribution >= 0.6 is 11.3 Å². The van der Waals surface area contributed by atoms with E-state index in [0.29, 0.717) is 65.3 Å². The van der Waals surface area contributed by atoms with Gasteiger partial charge in [0.1, 0.15) is 18.1 Å². The quantitative estimate of drug-likeness (QED) is 0.290. The zero-order valence-corrected chi connectivity index (χ0v) is 35.8. The number of rotatable bonds is 7. The Morgan fingerprint density at radius 3 is 2.27 bits per heavy atom. The topological polar surface area (TPSA) is 163 Å². The summed E-state index contributed by atoms with van der Waals surface area (Å²) in [6.45, 7) is 6.36. The lowest BCUT2D eigenvalue weighted by atomic mass is 9.96. The van der Waals surface area contributed by atoms with Crippen LogP contribution in [-0.2, 0) is 43.8 Å². The number of sulfone groups is 1. The summed E-state index contributed by atoms with van der Waals surface area (Å²) in [5, 5.41) is 13.2. The summed E-state index contributed by atoms with van der Waals surface area (Å²) in [5.74, 6) is 1.07. The number of para-hydroxylation sites is 1. The molecule has 8 bridgehead atoms. The maximum atomic E-state index is 14.6. The highest BCUT2D eigenvalue weighted by atomic mass is 32.2. The van der Waals surface area contributed by atoms with Gasteiger partial charge in [-0.25, -0.2) is 18.1 Å². The van der Waals surface area contributed by atoms with Crippen LogP contribution in [0.2, 0.25) is 0 Å². The van der Waals surface area contributed by atoms with Gasteiger partial charge in [0.05, 0.1) is 46.3 Å². The van der Waals surface area contributed by atoms with Gasteiger partial charge in [-0.05, 0) is 75.3 Å². The van der Waals surface area contributed by atoms with Crippen molar-refractivity contribution in [3.05, 3.63) is 87.6 Å². The van der Waals surface area contributed by atoms with Crippen molar-refractivity contribution in [2.75, 3.05) is 45.5 Å². The molecular formula is C43H53N9O6S2. The third kappa shape index (κ3) is 8.72. The van der Waals surface area contributed by atoms with Crippen LogP contribution in [0.1, 0.15) is 77.3 Å². The second kappa shape index (κ2) is 17.0. The van der Waals surface area contributed by atoms with E-state index in [1.807, 2.05) is 57.9 Å². The molecule has 0 spiro atoms. The van der Waals surface area contributed by atoms with Crippen LogP contribution in [0, 0.1) is 6.92 Å². The number of ether oxygens (including phenoxy) is 1. The fraction of sp³-hybridized carbons (Fsp3) is 0.535. The molecule has 60 heavy (non-hydrogen) atoms. The van der Waals surface area contributed by atoms with Gasteiger partial charge in [0.2, 0.25) is 17.7 Å². The molecule has 7 aliphatic rings. The normalized spacial score (nSPS) is 26.9. The molecule has 0 saturated carbocycles. The number of piperidine rings is 2.